The van der Waals surface area contributed by atoms with Gasteiger partial charge >= 0.3 is 6.16 Å². The largest absolute Gasteiger partial charge is 0.508 e. The highest BCUT2D eigenvalue weighted by Crippen LogP contribution is 2.24. The van der Waals surface area contributed by atoms with Gasteiger partial charge in [-0.05, 0) is 58.8 Å². The Balaban J connectivity index is 1.63. The molecule has 0 aromatic heterocycles. The highest BCUT2D eigenvalue weighted by atomic mass is 16.7. The molecule has 0 bridgehead atoms. The minimum Gasteiger partial charge on any atom is -0.434 e. The van der Waals surface area contributed by atoms with Gasteiger partial charge in [-0.15, -0.1) is 0 Å². The SMILES string of the molecule is CC(C)(C)c1cccc(CCCOC(=O)OCCCc2cccc(C(C)(C)C)c2)c1. The fourth-order valence-electron chi connectivity index (χ4n) is 3.29. The zero-order chi connectivity index (χ0) is 22.2. The molecule has 0 saturated carbocycles. The summed E-state index contributed by atoms with van der Waals surface area (Å²) in [5, 5.41) is 0. The number of aryl methyl sites for hydroxylation is 2. The molecule has 3 heteroatoms. The van der Waals surface area contributed by atoms with E-state index in [4.69, 9.17) is 9.47 Å². The van der Waals surface area contributed by atoms with Gasteiger partial charge in [-0.2, -0.15) is 0 Å². The van der Waals surface area contributed by atoms with Crippen molar-refractivity contribution in [2.75, 3.05) is 13.2 Å². The molecule has 30 heavy (non-hydrogen) atoms. The Labute approximate surface area is 182 Å². The predicted octanol–water partition coefficient (Wildman–Crippen LogP) is 7.00. The molecule has 2 rings (SSSR count). The maximum absolute atomic E-state index is 11.8. The molecule has 0 aliphatic carbocycles. The molecule has 2 aromatic carbocycles. The van der Waals surface area contributed by atoms with Crippen molar-refractivity contribution in [3.63, 3.8) is 0 Å². The fourth-order valence-corrected chi connectivity index (χ4v) is 3.29. The molecular weight excluding hydrogens is 372 g/mol. The molecule has 0 aliphatic rings. The number of rotatable bonds is 8. The van der Waals surface area contributed by atoms with E-state index in [9.17, 15) is 4.79 Å². The zero-order valence-corrected chi connectivity index (χ0v) is 19.6. The predicted molar refractivity (Wildman–Crippen MR) is 124 cm³/mol. The van der Waals surface area contributed by atoms with E-state index < -0.39 is 6.16 Å². The van der Waals surface area contributed by atoms with Crippen molar-refractivity contribution in [1.82, 2.24) is 0 Å². The topological polar surface area (TPSA) is 35.5 Å². The van der Waals surface area contributed by atoms with Gasteiger partial charge in [0.05, 0.1) is 13.2 Å². The summed E-state index contributed by atoms with van der Waals surface area (Å²) in [6.45, 7) is 14.1. The maximum atomic E-state index is 11.8. The van der Waals surface area contributed by atoms with Crippen LogP contribution in [0.1, 0.15) is 76.6 Å². The average molecular weight is 411 g/mol. The van der Waals surface area contributed by atoms with Crippen LogP contribution in [0.2, 0.25) is 0 Å². The summed E-state index contributed by atoms with van der Waals surface area (Å²) in [6, 6.07) is 17.3. The standard InChI is InChI=1S/C27H38O3/c1-26(2,3)23-15-7-11-21(19-23)13-9-17-29-25(28)30-18-10-14-22-12-8-16-24(20-22)27(4,5)6/h7-8,11-12,15-16,19-20H,9-10,13-14,17-18H2,1-6H3. The van der Waals surface area contributed by atoms with Gasteiger partial charge in [0.1, 0.15) is 0 Å². The normalized spacial score (nSPS) is 11.9. The van der Waals surface area contributed by atoms with Crippen LogP contribution >= 0.6 is 0 Å². The smallest absolute Gasteiger partial charge is 0.434 e. The number of benzene rings is 2. The Morgan fingerprint density at radius 1 is 0.700 bits per heavy atom. The fraction of sp³-hybridized carbons (Fsp3) is 0.519. The quantitative estimate of drug-likeness (QED) is 0.347. The van der Waals surface area contributed by atoms with Gasteiger partial charge in [-0.25, -0.2) is 4.79 Å². The van der Waals surface area contributed by atoms with Crippen molar-refractivity contribution in [3.05, 3.63) is 70.8 Å². The number of hydrogen-bond acceptors (Lipinski definition) is 3. The average Bonchev–Trinajstić information content (AvgIpc) is 2.68. The number of hydrogen-bond donors (Lipinski definition) is 0. The third-order valence-corrected chi connectivity index (χ3v) is 5.25. The lowest BCUT2D eigenvalue weighted by Crippen LogP contribution is -2.12. The molecular formula is C27H38O3. The first-order valence-electron chi connectivity index (χ1n) is 11.0. The number of carbonyl (C=O) groups excluding carboxylic acids is 1. The summed E-state index contributed by atoms with van der Waals surface area (Å²) in [5.74, 6) is 0. The Hall–Kier alpha value is -2.29. The lowest BCUT2D eigenvalue weighted by atomic mass is 9.86. The highest BCUT2D eigenvalue weighted by molar-refractivity contribution is 5.59. The molecule has 3 nitrogen and oxygen atoms in total. The van der Waals surface area contributed by atoms with E-state index in [0.717, 1.165) is 25.7 Å². The molecule has 2 aromatic rings. The van der Waals surface area contributed by atoms with Crippen LogP contribution in [0.5, 0.6) is 0 Å². The Kier molecular flexibility index (Phi) is 8.52. The van der Waals surface area contributed by atoms with E-state index in [1.165, 1.54) is 22.3 Å². The monoisotopic (exact) mass is 410 g/mol. The van der Waals surface area contributed by atoms with Crippen molar-refractivity contribution in [2.24, 2.45) is 0 Å². The van der Waals surface area contributed by atoms with Gasteiger partial charge in [0.2, 0.25) is 0 Å². The molecule has 0 radical (unpaired) electrons. The maximum Gasteiger partial charge on any atom is 0.508 e. The van der Waals surface area contributed by atoms with E-state index in [2.05, 4.69) is 90.1 Å². The van der Waals surface area contributed by atoms with Crippen LogP contribution in [0.3, 0.4) is 0 Å². The van der Waals surface area contributed by atoms with Gasteiger partial charge in [0, 0.05) is 0 Å². The zero-order valence-electron chi connectivity index (χ0n) is 19.6. The molecule has 0 saturated heterocycles. The molecule has 0 heterocycles. The molecule has 0 unspecified atom stereocenters. The van der Waals surface area contributed by atoms with Crippen LogP contribution < -0.4 is 0 Å². The molecule has 164 valence electrons. The van der Waals surface area contributed by atoms with E-state index >= 15 is 0 Å². The van der Waals surface area contributed by atoms with Gasteiger partial charge in [-0.3, -0.25) is 0 Å². The van der Waals surface area contributed by atoms with Crippen LogP contribution in [0.15, 0.2) is 48.5 Å². The van der Waals surface area contributed by atoms with Gasteiger partial charge in [-0.1, -0.05) is 90.1 Å². The van der Waals surface area contributed by atoms with E-state index in [1.807, 2.05) is 0 Å². The molecule has 0 spiro atoms. The van der Waals surface area contributed by atoms with Gasteiger partial charge in [0.15, 0.2) is 0 Å². The Morgan fingerprint density at radius 2 is 1.10 bits per heavy atom. The minimum absolute atomic E-state index is 0.143. The highest BCUT2D eigenvalue weighted by Gasteiger charge is 2.14. The Bertz CT molecular complexity index is 742. The molecule has 0 N–H and O–H groups in total. The second-order valence-electron chi connectivity index (χ2n) is 10.1. The molecule has 0 fully saturated rings. The minimum atomic E-state index is -0.568. The summed E-state index contributed by atoms with van der Waals surface area (Å²) in [5.41, 5.74) is 5.49. The summed E-state index contributed by atoms with van der Waals surface area (Å²) in [7, 11) is 0. The third-order valence-electron chi connectivity index (χ3n) is 5.25. The van der Waals surface area contributed by atoms with E-state index in [1.54, 1.807) is 0 Å². The summed E-state index contributed by atoms with van der Waals surface area (Å²) >= 11 is 0. The molecule has 0 atom stereocenters. The summed E-state index contributed by atoms with van der Waals surface area (Å²) < 4.78 is 10.4. The summed E-state index contributed by atoms with van der Waals surface area (Å²) in [6.07, 6.45) is 2.80. The van der Waals surface area contributed by atoms with Crippen molar-refractivity contribution in [3.8, 4) is 0 Å². The van der Waals surface area contributed by atoms with Gasteiger partial charge < -0.3 is 9.47 Å². The third kappa shape index (κ3) is 8.22. The second-order valence-corrected chi connectivity index (χ2v) is 10.1. The van der Waals surface area contributed by atoms with Crippen LogP contribution in [-0.4, -0.2) is 19.4 Å². The first-order valence-corrected chi connectivity index (χ1v) is 11.0. The van der Waals surface area contributed by atoms with Crippen LogP contribution in [0, 0.1) is 0 Å². The first-order chi connectivity index (χ1) is 14.1. The second kappa shape index (κ2) is 10.7. The lowest BCUT2D eigenvalue weighted by molar-refractivity contribution is 0.0539. The molecule has 0 aliphatic heterocycles. The van der Waals surface area contributed by atoms with Gasteiger partial charge in [0.25, 0.3) is 0 Å². The number of carbonyl (C=O) groups is 1. The first kappa shape index (κ1) is 24.0. The summed E-state index contributed by atoms with van der Waals surface area (Å²) in [4.78, 5) is 11.8. The van der Waals surface area contributed by atoms with E-state index in [-0.39, 0.29) is 10.8 Å². The van der Waals surface area contributed by atoms with Crippen molar-refractivity contribution < 1.29 is 14.3 Å². The van der Waals surface area contributed by atoms with Crippen LogP contribution in [0.25, 0.3) is 0 Å². The van der Waals surface area contributed by atoms with Crippen molar-refractivity contribution in [1.29, 1.82) is 0 Å². The number of ether oxygens (including phenoxy) is 2. The van der Waals surface area contributed by atoms with Crippen molar-refractivity contribution in [2.45, 2.75) is 78.1 Å². The van der Waals surface area contributed by atoms with E-state index in [0.29, 0.717) is 13.2 Å². The lowest BCUT2D eigenvalue weighted by Gasteiger charge is -2.19. The van der Waals surface area contributed by atoms with Crippen molar-refractivity contribution >= 4 is 6.16 Å². The van der Waals surface area contributed by atoms with Crippen LogP contribution in [-0.2, 0) is 33.1 Å². The van der Waals surface area contributed by atoms with Crippen LogP contribution in [0.4, 0.5) is 4.79 Å². The molecule has 0 amide bonds. The Morgan fingerprint density at radius 3 is 1.47 bits per heavy atom.